The van der Waals surface area contributed by atoms with E-state index in [2.05, 4.69) is 53.5 Å². The normalized spacial score (nSPS) is 11.6. The van der Waals surface area contributed by atoms with E-state index < -0.39 is 0 Å². The number of amidine groups is 1. The molecule has 0 spiro atoms. The molecule has 0 amide bonds. The molecule has 3 aromatic carbocycles. The molecule has 3 aromatic rings. The second-order valence-corrected chi connectivity index (χ2v) is 7.87. The van der Waals surface area contributed by atoms with E-state index in [4.69, 9.17) is 15.2 Å². The number of ether oxygens (including phenoxy) is 2. The van der Waals surface area contributed by atoms with Gasteiger partial charge in [0.05, 0.1) is 12.8 Å². The summed E-state index contributed by atoms with van der Waals surface area (Å²) < 4.78 is 11.7. The van der Waals surface area contributed by atoms with Gasteiger partial charge in [0.2, 0.25) is 0 Å². The van der Waals surface area contributed by atoms with Crippen molar-refractivity contribution >= 4 is 23.1 Å². The molecule has 0 saturated carbocycles. The van der Waals surface area contributed by atoms with E-state index in [0.717, 1.165) is 16.9 Å². The first-order valence-corrected chi connectivity index (χ1v) is 11.1. The number of rotatable bonds is 9. The largest absolute Gasteiger partial charge is 0.490 e. The highest BCUT2D eigenvalue weighted by Crippen LogP contribution is 2.29. The molecule has 0 aliphatic rings. The molecule has 0 unspecified atom stereocenters. The summed E-state index contributed by atoms with van der Waals surface area (Å²) in [5.41, 5.74) is 10.3. The van der Waals surface area contributed by atoms with Crippen LogP contribution >= 0.6 is 11.8 Å². The third-order valence-electron chi connectivity index (χ3n) is 4.38. The van der Waals surface area contributed by atoms with Crippen LogP contribution in [0.4, 0.5) is 0 Å². The van der Waals surface area contributed by atoms with Crippen LogP contribution in [0.15, 0.2) is 83.0 Å². The van der Waals surface area contributed by atoms with Crippen LogP contribution in [0.3, 0.4) is 0 Å². The Balaban J connectivity index is 1.60. The lowest BCUT2D eigenvalue weighted by molar-refractivity contribution is 0.269. The number of hydrogen-bond donors (Lipinski definition) is 1. The molecule has 5 nitrogen and oxygen atoms in total. The molecule has 0 heterocycles. The minimum absolute atomic E-state index is 0.420. The van der Waals surface area contributed by atoms with Gasteiger partial charge in [-0.3, -0.25) is 0 Å². The summed E-state index contributed by atoms with van der Waals surface area (Å²) in [6.07, 6.45) is 1.65. The van der Waals surface area contributed by atoms with E-state index in [1.54, 1.807) is 6.21 Å². The Labute approximate surface area is 188 Å². The molecule has 0 aliphatic heterocycles. The summed E-state index contributed by atoms with van der Waals surface area (Å²) in [5.74, 6) is 2.13. The molecule has 160 valence electrons. The lowest BCUT2D eigenvalue weighted by Gasteiger charge is -2.12. The number of aryl methyl sites for hydroxylation is 1. The average molecular weight is 434 g/mol. The van der Waals surface area contributed by atoms with Crippen molar-refractivity contribution in [3.05, 3.63) is 95.1 Å². The van der Waals surface area contributed by atoms with Crippen LogP contribution in [-0.4, -0.2) is 18.0 Å². The minimum atomic E-state index is 0.420. The Kier molecular flexibility index (Phi) is 8.55. The fraction of sp³-hybridized carbons (Fsp3) is 0.200. The summed E-state index contributed by atoms with van der Waals surface area (Å²) in [7, 11) is 0. The van der Waals surface area contributed by atoms with Gasteiger partial charge in [-0.05, 0) is 48.7 Å². The summed E-state index contributed by atoms with van der Waals surface area (Å²) in [5, 5.41) is 8.60. The quantitative estimate of drug-likeness (QED) is 0.273. The Hall–Kier alpha value is -3.25. The van der Waals surface area contributed by atoms with Crippen LogP contribution in [0.5, 0.6) is 11.5 Å². The first-order valence-electron chi connectivity index (χ1n) is 10.1. The van der Waals surface area contributed by atoms with Gasteiger partial charge < -0.3 is 15.2 Å². The molecule has 31 heavy (non-hydrogen) atoms. The topological polar surface area (TPSA) is 69.2 Å². The first kappa shape index (κ1) is 22.4. The number of nitrogens with two attached hydrogens (primary N) is 1. The molecule has 0 radical (unpaired) electrons. The van der Waals surface area contributed by atoms with Crippen molar-refractivity contribution in [3.8, 4) is 11.5 Å². The zero-order valence-electron chi connectivity index (χ0n) is 17.8. The van der Waals surface area contributed by atoms with Gasteiger partial charge >= 0.3 is 0 Å². The maximum Gasteiger partial charge on any atom is 0.180 e. The molecule has 3 rings (SSSR count). The van der Waals surface area contributed by atoms with Crippen LogP contribution in [0, 0.1) is 6.92 Å². The third-order valence-corrected chi connectivity index (χ3v) is 5.23. The van der Waals surface area contributed by atoms with E-state index in [9.17, 15) is 0 Å². The molecule has 0 fully saturated rings. The molecule has 0 atom stereocenters. The molecular weight excluding hydrogens is 406 g/mol. The fourth-order valence-corrected chi connectivity index (χ4v) is 3.36. The van der Waals surface area contributed by atoms with Crippen LogP contribution in [-0.2, 0) is 12.4 Å². The van der Waals surface area contributed by atoms with Gasteiger partial charge in [0, 0.05) is 5.75 Å². The van der Waals surface area contributed by atoms with Crippen LogP contribution in [0.1, 0.15) is 29.2 Å². The lowest BCUT2D eigenvalue weighted by atomic mass is 10.2. The van der Waals surface area contributed by atoms with Crippen molar-refractivity contribution in [1.82, 2.24) is 0 Å². The van der Waals surface area contributed by atoms with Crippen LogP contribution in [0.25, 0.3) is 0 Å². The maximum absolute atomic E-state index is 5.97. The SMILES string of the molecule is CCOc1cc(C=NN=C(N)SCc2ccccc2)ccc1OCc1ccc(C)cc1. The first-order chi connectivity index (χ1) is 15.1. The summed E-state index contributed by atoms with van der Waals surface area (Å²) in [6, 6.07) is 24.1. The van der Waals surface area contributed by atoms with Crippen molar-refractivity contribution < 1.29 is 9.47 Å². The number of hydrogen-bond acceptors (Lipinski definition) is 5. The van der Waals surface area contributed by atoms with Crippen molar-refractivity contribution in [2.24, 2.45) is 15.9 Å². The van der Waals surface area contributed by atoms with E-state index in [0.29, 0.717) is 29.9 Å². The molecular formula is C25H27N3O2S. The Bertz CT molecular complexity index is 1020. The van der Waals surface area contributed by atoms with Crippen LogP contribution < -0.4 is 15.2 Å². The molecule has 2 N–H and O–H groups in total. The predicted octanol–water partition coefficient (Wildman–Crippen LogP) is 5.55. The minimum Gasteiger partial charge on any atom is -0.490 e. The predicted molar refractivity (Wildman–Crippen MR) is 130 cm³/mol. The van der Waals surface area contributed by atoms with Gasteiger partial charge in [0.15, 0.2) is 16.7 Å². The highest BCUT2D eigenvalue weighted by molar-refractivity contribution is 8.13. The van der Waals surface area contributed by atoms with Gasteiger partial charge in [-0.1, -0.05) is 71.9 Å². The molecule has 0 aliphatic carbocycles. The van der Waals surface area contributed by atoms with Gasteiger partial charge in [0.25, 0.3) is 0 Å². The van der Waals surface area contributed by atoms with Crippen molar-refractivity contribution in [2.75, 3.05) is 6.61 Å². The summed E-state index contributed by atoms with van der Waals surface area (Å²) in [6.45, 7) is 5.03. The monoisotopic (exact) mass is 433 g/mol. The van der Waals surface area contributed by atoms with E-state index in [1.165, 1.54) is 22.9 Å². The molecule has 0 saturated heterocycles. The maximum atomic E-state index is 5.97. The summed E-state index contributed by atoms with van der Waals surface area (Å²) >= 11 is 1.45. The second-order valence-electron chi connectivity index (χ2n) is 6.87. The van der Waals surface area contributed by atoms with Gasteiger partial charge in [-0.2, -0.15) is 5.10 Å². The molecule has 0 bridgehead atoms. The lowest BCUT2D eigenvalue weighted by Crippen LogP contribution is -2.06. The Morgan fingerprint density at radius 2 is 1.71 bits per heavy atom. The summed E-state index contributed by atoms with van der Waals surface area (Å²) in [4.78, 5) is 0. The zero-order valence-corrected chi connectivity index (χ0v) is 18.6. The van der Waals surface area contributed by atoms with E-state index >= 15 is 0 Å². The smallest absolute Gasteiger partial charge is 0.180 e. The highest BCUT2D eigenvalue weighted by atomic mass is 32.2. The fourth-order valence-electron chi connectivity index (χ4n) is 2.75. The van der Waals surface area contributed by atoms with Gasteiger partial charge in [0.1, 0.15) is 6.61 Å². The average Bonchev–Trinajstić information content (AvgIpc) is 2.79. The number of thioether (sulfide) groups is 1. The molecule has 6 heteroatoms. The number of benzene rings is 3. The Morgan fingerprint density at radius 3 is 2.45 bits per heavy atom. The third kappa shape index (κ3) is 7.50. The standard InChI is InChI=1S/C25H27N3O2S/c1-3-29-24-15-22(13-14-23(24)30-17-20-11-9-19(2)10-12-20)16-27-28-25(26)31-18-21-7-5-4-6-8-21/h4-16H,3,17-18H2,1-2H3,(H2,26,28). The van der Waals surface area contributed by atoms with E-state index in [1.807, 2.05) is 43.3 Å². The second kappa shape index (κ2) is 11.8. The van der Waals surface area contributed by atoms with Crippen molar-refractivity contribution in [1.29, 1.82) is 0 Å². The van der Waals surface area contributed by atoms with E-state index in [-0.39, 0.29) is 0 Å². The van der Waals surface area contributed by atoms with Gasteiger partial charge in [-0.15, -0.1) is 5.10 Å². The molecule has 0 aromatic heterocycles. The number of nitrogens with zero attached hydrogens (tertiary/aromatic N) is 2. The zero-order chi connectivity index (χ0) is 21.9. The Morgan fingerprint density at radius 1 is 0.935 bits per heavy atom. The van der Waals surface area contributed by atoms with Crippen molar-refractivity contribution in [3.63, 3.8) is 0 Å². The highest BCUT2D eigenvalue weighted by Gasteiger charge is 2.07. The van der Waals surface area contributed by atoms with Crippen LogP contribution in [0.2, 0.25) is 0 Å². The van der Waals surface area contributed by atoms with Crippen molar-refractivity contribution in [2.45, 2.75) is 26.2 Å². The van der Waals surface area contributed by atoms with Gasteiger partial charge in [-0.25, -0.2) is 0 Å².